The van der Waals surface area contributed by atoms with E-state index in [2.05, 4.69) is 22.4 Å². The van der Waals surface area contributed by atoms with Crippen molar-refractivity contribution < 1.29 is 4.79 Å². The summed E-state index contributed by atoms with van der Waals surface area (Å²) in [5.74, 6) is 0.949. The number of aromatic nitrogens is 3. The zero-order valence-corrected chi connectivity index (χ0v) is 17.3. The average Bonchev–Trinajstić information content (AvgIpc) is 3.14. The van der Waals surface area contributed by atoms with Crippen molar-refractivity contribution in [3.05, 3.63) is 59.6 Å². The van der Waals surface area contributed by atoms with Gasteiger partial charge in [-0.05, 0) is 30.7 Å². The van der Waals surface area contributed by atoms with Crippen molar-refractivity contribution in [1.82, 2.24) is 20.1 Å². The third-order valence-corrected chi connectivity index (χ3v) is 5.46. The predicted octanol–water partition coefficient (Wildman–Crippen LogP) is 4.99. The molecule has 0 radical (unpaired) electrons. The van der Waals surface area contributed by atoms with Crippen LogP contribution in [0, 0.1) is 0 Å². The number of halogens is 1. The summed E-state index contributed by atoms with van der Waals surface area (Å²) < 4.78 is 1.94. The quantitative estimate of drug-likeness (QED) is 0.396. The second kappa shape index (κ2) is 10.3. The summed E-state index contributed by atoms with van der Waals surface area (Å²) in [6.07, 6.45) is 3.26. The molecule has 7 heteroatoms. The molecule has 0 unspecified atom stereocenters. The molecule has 1 amide bonds. The summed E-state index contributed by atoms with van der Waals surface area (Å²) in [7, 11) is 0. The van der Waals surface area contributed by atoms with Gasteiger partial charge in [-0.3, -0.25) is 9.36 Å². The maximum Gasteiger partial charge on any atom is 0.230 e. The molecule has 0 fully saturated rings. The topological polar surface area (TPSA) is 59.8 Å². The van der Waals surface area contributed by atoms with Gasteiger partial charge in [-0.1, -0.05) is 73.5 Å². The van der Waals surface area contributed by atoms with Crippen LogP contribution in [0.1, 0.15) is 26.2 Å². The largest absolute Gasteiger partial charge is 0.355 e. The first kappa shape index (κ1) is 20.4. The Bertz CT molecular complexity index is 914. The summed E-state index contributed by atoms with van der Waals surface area (Å²) in [4.78, 5) is 12.1. The van der Waals surface area contributed by atoms with Crippen molar-refractivity contribution in [3.63, 3.8) is 0 Å². The molecule has 0 bridgehead atoms. The minimum Gasteiger partial charge on any atom is -0.355 e. The van der Waals surface area contributed by atoms with E-state index in [1.807, 2.05) is 59.2 Å². The lowest BCUT2D eigenvalue weighted by Crippen LogP contribution is -2.26. The van der Waals surface area contributed by atoms with Crippen LogP contribution in [-0.2, 0) is 4.79 Å². The number of hydrogen-bond donors (Lipinski definition) is 1. The molecule has 3 aromatic rings. The SMILES string of the molecule is CCCCCNC(=O)CSc1nnc(-c2ccccc2Cl)n1-c1ccccc1. The molecular formula is C21H23ClN4OS. The van der Waals surface area contributed by atoms with Crippen molar-refractivity contribution in [2.75, 3.05) is 12.3 Å². The van der Waals surface area contributed by atoms with Gasteiger partial charge in [0.05, 0.1) is 10.8 Å². The van der Waals surface area contributed by atoms with E-state index >= 15 is 0 Å². The molecule has 146 valence electrons. The van der Waals surface area contributed by atoms with Crippen molar-refractivity contribution in [3.8, 4) is 17.1 Å². The monoisotopic (exact) mass is 414 g/mol. The van der Waals surface area contributed by atoms with Gasteiger partial charge < -0.3 is 5.32 Å². The molecule has 0 aliphatic rings. The number of hydrogen-bond acceptors (Lipinski definition) is 4. The minimum atomic E-state index is 0.00279. The Morgan fingerprint density at radius 3 is 2.57 bits per heavy atom. The standard InChI is InChI=1S/C21H23ClN4OS/c1-2-3-9-14-23-19(27)15-28-21-25-24-20(17-12-7-8-13-18(17)22)26(21)16-10-5-4-6-11-16/h4-8,10-13H,2-3,9,14-15H2,1H3,(H,23,27). The van der Waals surface area contributed by atoms with E-state index in [0.717, 1.165) is 30.5 Å². The molecule has 0 spiro atoms. The number of amides is 1. The van der Waals surface area contributed by atoms with Gasteiger partial charge in [0, 0.05) is 17.8 Å². The van der Waals surface area contributed by atoms with Crippen LogP contribution >= 0.6 is 23.4 Å². The Labute approximate surface area is 174 Å². The predicted molar refractivity (Wildman–Crippen MR) is 115 cm³/mol. The lowest BCUT2D eigenvalue weighted by atomic mass is 10.2. The van der Waals surface area contributed by atoms with Crippen LogP contribution in [0.2, 0.25) is 5.02 Å². The molecule has 2 aromatic carbocycles. The van der Waals surface area contributed by atoms with Gasteiger partial charge in [-0.25, -0.2) is 0 Å². The van der Waals surface area contributed by atoms with Crippen molar-refractivity contribution in [2.24, 2.45) is 0 Å². The Morgan fingerprint density at radius 2 is 1.82 bits per heavy atom. The third-order valence-electron chi connectivity index (χ3n) is 4.20. The third kappa shape index (κ3) is 5.14. The lowest BCUT2D eigenvalue weighted by Gasteiger charge is -2.11. The molecule has 1 aromatic heterocycles. The fraction of sp³-hybridized carbons (Fsp3) is 0.286. The number of rotatable bonds is 9. The van der Waals surface area contributed by atoms with Crippen LogP contribution in [-0.4, -0.2) is 33.0 Å². The Morgan fingerprint density at radius 1 is 1.07 bits per heavy atom. The van der Waals surface area contributed by atoms with Crippen LogP contribution in [0.25, 0.3) is 17.1 Å². The Hall–Kier alpha value is -2.31. The zero-order valence-electron chi connectivity index (χ0n) is 15.8. The highest BCUT2D eigenvalue weighted by molar-refractivity contribution is 7.99. The molecule has 0 aliphatic carbocycles. The van der Waals surface area contributed by atoms with Gasteiger partial charge >= 0.3 is 0 Å². The molecule has 0 aliphatic heterocycles. The Kier molecular flexibility index (Phi) is 7.51. The van der Waals surface area contributed by atoms with E-state index < -0.39 is 0 Å². The maximum absolute atomic E-state index is 12.1. The normalized spacial score (nSPS) is 10.8. The van der Waals surface area contributed by atoms with E-state index in [4.69, 9.17) is 11.6 Å². The van der Waals surface area contributed by atoms with Crippen molar-refractivity contribution in [2.45, 2.75) is 31.3 Å². The van der Waals surface area contributed by atoms with E-state index in [1.54, 1.807) is 0 Å². The average molecular weight is 415 g/mol. The summed E-state index contributed by atoms with van der Waals surface area (Å²) in [6.45, 7) is 2.86. The van der Waals surface area contributed by atoms with E-state index in [0.29, 0.717) is 28.3 Å². The molecule has 0 atom stereocenters. The fourth-order valence-corrected chi connectivity index (χ4v) is 3.78. The van der Waals surface area contributed by atoms with Crippen LogP contribution < -0.4 is 5.32 Å². The number of thioether (sulfide) groups is 1. The molecule has 1 N–H and O–H groups in total. The second-order valence-corrected chi connectivity index (χ2v) is 7.65. The molecule has 28 heavy (non-hydrogen) atoms. The molecular weight excluding hydrogens is 392 g/mol. The molecule has 0 saturated heterocycles. The van der Waals surface area contributed by atoms with E-state index in [-0.39, 0.29) is 5.91 Å². The lowest BCUT2D eigenvalue weighted by molar-refractivity contribution is -0.118. The number of carbonyl (C=O) groups excluding carboxylic acids is 1. The summed E-state index contributed by atoms with van der Waals surface area (Å²) in [5, 5.41) is 12.9. The zero-order chi connectivity index (χ0) is 19.8. The summed E-state index contributed by atoms with van der Waals surface area (Å²) in [6, 6.07) is 17.4. The number of nitrogens with zero attached hydrogens (tertiary/aromatic N) is 3. The van der Waals surface area contributed by atoms with E-state index in [1.165, 1.54) is 11.8 Å². The second-order valence-electron chi connectivity index (χ2n) is 6.30. The number of para-hydroxylation sites is 1. The van der Waals surface area contributed by atoms with Crippen molar-refractivity contribution >= 4 is 29.3 Å². The van der Waals surface area contributed by atoms with Gasteiger partial charge in [0.25, 0.3) is 0 Å². The summed E-state index contributed by atoms with van der Waals surface area (Å²) in [5.41, 5.74) is 1.73. The number of carbonyl (C=O) groups is 1. The van der Waals surface area contributed by atoms with Gasteiger partial charge in [0.15, 0.2) is 11.0 Å². The van der Waals surface area contributed by atoms with Crippen LogP contribution in [0.15, 0.2) is 59.8 Å². The fourth-order valence-electron chi connectivity index (χ4n) is 2.77. The van der Waals surface area contributed by atoms with Crippen LogP contribution in [0.4, 0.5) is 0 Å². The van der Waals surface area contributed by atoms with Gasteiger partial charge in [-0.2, -0.15) is 0 Å². The smallest absolute Gasteiger partial charge is 0.230 e. The number of nitrogens with one attached hydrogen (secondary N) is 1. The molecule has 3 rings (SSSR count). The molecule has 1 heterocycles. The first-order chi connectivity index (χ1) is 13.7. The first-order valence-corrected chi connectivity index (χ1v) is 10.7. The summed E-state index contributed by atoms with van der Waals surface area (Å²) >= 11 is 7.76. The first-order valence-electron chi connectivity index (χ1n) is 9.36. The highest BCUT2D eigenvalue weighted by Gasteiger charge is 2.18. The molecule has 5 nitrogen and oxygen atoms in total. The van der Waals surface area contributed by atoms with Gasteiger partial charge in [0.2, 0.25) is 5.91 Å². The van der Waals surface area contributed by atoms with Crippen LogP contribution in [0.5, 0.6) is 0 Å². The highest BCUT2D eigenvalue weighted by Crippen LogP contribution is 2.31. The number of unbranched alkanes of at least 4 members (excludes halogenated alkanes) is 2. The molecule has 0 saturated carbocycles. The number of benzene rings is 2. The minimum absolute atomic E-state index is 0.00279. The van der Waals surface area contributed by atoms with E-state index in [9.17, 15) is 4.79 Å². The highest BCUT2D eigenvalue weighted by atomic mass is 35.5. The van der Waals surface area contributed by atoms with Gasteiger partial charge in [0.1, 0.15) is 0 Å². The van der Waals surface area contributed by atoms with Crippen LogP contribution in [0.3, 0.4) is 0 Å². The Balaban J connectivity index is 1.82. The van der Waals surface area contributed by atoms with Crippen molar-refractivity contribution in [1.29, 1.82) is 0 Å². The maximum atomic E-state index is 12.1. The van der Waals surface area contributed by atoms with Gasteiger partial charge in [-0.15, -0.1) is 10.2 Å².